The van der Waals surface area contributed by atoms with Crippen LogP contribution in [0.4, 0.5) is 0 Å². The summed E-state index contributed by atoms with van der Waals surface area (Å²) >= 11 is 1.76. The first-order valence-corrected chi connectivity index (χ1v) is 8.73. The standard InChI is InChI=1S/C19H17N3OS/c1-23-19-5-3-2-4-15(19)11-22-12-21-17-7-6-14(9-18(17)22)8-16-10-20-13-24-16/h2-10,12H,11,13H2,1H3. The first-order chi connectivity index (χ1) is 11.8. The highest BCUT2D eigenvalue weighted by atomic mass is 32.2. The Hall–Kier alpha value is -2.53. The van der Waals surface area contributed by atoms with E-state index in [0.29, 0.717) is 0 Å². The molecule has 0 N–H and O–H groups in total. The lowest BCUT2D eigenvalue weighted by molar-refractivity contribution is 0.408. The van der Waals surface area contributed by atoms with Gasteiger partial charge < -0.3 is 9.30 Å². The third-order valence-electron chi connectivity index (χ3n) is 4.01. The molecule has 4 rings (SSSR count). The van der Waals surface area contributed by atoms with Crippen LogP contribution in [0.3, 0.4) is 0 Å². The van der Waals surface area contributed by atoms with Crippen LogP contribution in [0.25, 0.3) is 17.1 Å². The van der Waals surface area contributed by atoms with Crippen molar-refractivity contribution in [3.05, 3.63) is 64.8 Å². The third-order valence-corrected chi connectivity index (χ3v) is 4.85. The molecule has 4 nitrogen and oxygen atoms in total. The number of hydrogen-bond acceptors (Lipinski definition) is 4. The van der Waals surface area contributed by atoms with Crippen LogP contribution in [0.2, 0.25) is 0 Å². The Bertz CT molecular complexity index is 943. The molecule has 0 radical (unpaired) electrons. The predicted molar refractivity (Wildman–Crippen MR) is 101 cm³/mol. The van der Waals surface area contributed by atoms with E-state index in [1.165, 1.54) is 10.5 Å². The fraction of sp³-hybridized carbons (Fsp3) is 0.158. The lowest BCUT2D eigenvalue weighted by atomic mass is 10.1. The van der Waals surface area contributed by atoms with Crippen molar-refractivity contribution < 1.29 is 4.74 Å². The maximum atomic E-state index is 5.46. The SMILES string of the molecule is COc1ccccc1Cn1cnc2ccc(C=C3C=NCS3)cc21. The Balaban J connectivity index is 1.70. The van der Waals surface area contributed by atoms with E-state index in [2.05, 4.69) is 44.9 Å². The lowest BCUT2D eigenvalue weighted by Crippen LogP contribution is -2.00. The molecular formula is C19H17N3OS. The second-order valence-corrected chi connectivity index (χ2v) is 6.58. The van der Waals surface area contributed by atoms with E-state index in [9.17, 15) is 0 Å². The van der Waals surface area contributed by atoms with Gasteiger partial charge in [-0.1, -0.05) is 24.3 Å². The number of rotatable bonds is 4. The zero-order valence-corrected chi connectivity index (χ0v) is 14.2. The van der Waals surface area contributed by atoms with Crippen LogP contribution in [0.1, 0.15) is 11.1 Å². The summed E-state index contributed by atoms with van der Waals surface area (Å²) in [5, 5.41) is 0. The van der Waals surface area contributed by atoms with Gasteiger partial charge in [-0.05, 0) is 29.8 Å². The molecule has 0 atom stereocenters. The summed E-state index contributed by atoms with van der Waals surface area (Å²) in [6, 6.07) is 14.4. The normalized spacial score (nSPS) is 15.5. The van der Waals surface area contributed by atoms with Crippen LogP contribution in [-0.4, -0.2) is 28.8 Å². The van der Waals surface area contributed by atoms with Gasteiger partial charge in [0.2, 0.25) is 0 Å². The lowest BCUT2D eigenvalue weighted by Gasteiger charge is -2.09. The van der Waals surface area contributed by atoms with E-state index in [-0.39, 0.29) is 0 Å². The number of para-hydroxylation sites is 1. The third kappa shape index (κ3) is 2.95. The molecule has 5 heteroatoms. The highest BCUT2D eigenvalue weighted by Crippen LogP contribution is 2.25. The summed E-state index contributed by atoms with van der Waals surface area (Å²) in [6.45, 7) is 0.733. The van der Waals surface area contributed by atoms with Crippen molar-refractivity contribution in [2.75, 3.05) is 13.0 Å². The van der Waals surface area contributed by atoms with Gasteiger partial charge >= 0.3 is 0 Å². The number of fused-ring (bicyclic) bond motifs is 1. The van der Waals surface area contributed by atoms with Gasteiger partial charge in [0.25, 0.3) is 0 Å². The number of aliphatic imine (C=N–C) groups is 1. The molecule has 3 aromatic rings. The average Bonchev–Trinajstić information content (AvgIpc) is 3.26. The fourth-order valence-corrected chi connectivity index (χ4v) is 3.49. The Morgan fingerprint density at radius 1 is 1.25 bits per heavy atom. The van der Waals surface area contributed by atoms with Crippen LogP contribution in [0.5, 0.6) is 5.75 Å². The van der Waals surface area contributed by atoms with Crippen molar-refractivity contribution in [1.82, 2.24) is 9.55 Å². The number of nitrogens with zero attached hydrogens (tertiary/aromatic N) is 3. The maximum Gasteiger partial charge on any atom is 0.123 e. The Kier molecular flexibility index (Phi) is 4.09. The van der Waals surface area contributed by atoms with Gasteiger partial charge in [-0.25, -0.2) is 4.98 Å². The minimum atomic E-state index is 0.733. The molecule has 0 bridgehead atoms. The van der Waals surface area contributed by atoms with Crippen molar-refractivity contribution in [2.45, 2.75) is 6.54 Å². The molecule has 0 aliphatic carbocycles. The van der Waals surface area contributed by atoms with E-state index < -0.39 is 0 Å². The van der Waals surface area contributed by atoms with E-state index in [4.69, 9.17) is 4.74 Å². The molecule has 1 aliphatic rings. The first kappa shape index (κ1) is 15.0. The van der Waals surface area contributed by atoms with Crippen molar-refractivity contribution in [1.29, 1.82) is 0 Å². The van der Waals surface area contributed by atoms with Gasteiger partial charge in [-0.15, -0.1) is 11.8 Å². The molecule has 2 heterocycles. The number of allylic oxidation sites excluding steroid dienone is 1. The molecule has 0 saturated carbocycles. The molecule has 1 aromatic heterocycles. The fourth-order valence-electron chi connectivity index (χ4n) is 2.83. The molecule has 24 heavy (non-hydrogen) atoms. The summed E-state index contributed by atoms with van der Waals surface area (Å²) in [5.74, 6) is 1.72. The van der Waals surface area contributed by atoms with Gasteiger partial charge in [0.15, 0.2) is 0 Å². The summed E-state index contributed by atoms with van der Waals surface area (Å²) < 4.78 is 7.62. The highest BCUT2D eigenvalue weighted by molar-refractivity contribution is 8.04. The van der Waals surface area contributed by atoms with E-state index in [1.807, 2.05) is 30.7 Å². The second kappa shape index (κ2) is 6.53. The average molecular weight is 335 g/mol. The van der Waals surface area contributed by atoms with E-state index in [0.717, 1.165) is 34.8 Å². The van der Waals surface area contributed by atoms with Crippen molar-refractivity contribution in [3.8, 4) is 5.75 Å². The summed E-state index contributed by atoms with van der Waals surface area (Å²) in [6.07, 6.45) is 5.99. The number of ether oxygens (including phenoxy) is 1. The van der Waals surface area contributed by atoms with Crippen molar-refractivity contribution in [2.24, 2.45) is 4.99 Å². The molecule has 1 aliphatic heterocycles. The summed E-state index contributed by atoms with van der Waals surface area (Å²) in [7, 11) is 1.70. The maximum absolute atomic E-state index is 5.46. The number of hydrogen-bond donors (Lipinski definition) is 0. The van der Waals surface area contributed by atoms with Gasteiger partial charge in [0.05, 0.1) is 36.9 Å². The molecule has 0 fully saturated rings. The summed E-state index contributed by atoms with van der Waals surface area (Å²) in [4.78, 5) is 9.96. The molecule has 0 amide bonds. The molecule has 2 aromatic carbocycles. The Labute approximate surface area is 144 Å². The Morgan fingerprint density at radius 2 is 2.17 bits per heavy atom. The first-order valence-electron chi connectivity index (χ1n) is 7.74. The predicted octanol–water partition coefficient (Wildman–Crippen LogP) is 4.21. The molecule has 120 valence electrons. The number of aromatic nitrogens is 2. The van der Waals surface area contributed by atoms with Crippen LogP contribution in [0.15, 0.2) is 58.7 Å². The Morgan fingerprint density at radius 3 is 3.00 bits per heavy atom. The second-order valence-electron chi connectivity index (χ2n) is 5.56. The van der Waals surface area contributed by atoms with Crippen LogP contribution >= 0.6 is 11.8 Å². The molecular weight excluding hydrogens is 318 g/mol. The minimum absolute atomic E-state index is 0.733. The highest BCUT2D eigenvalue weighted by Gasteiger charge is 2.08. The zero-order valence-electron chi connectivity index (χ0n) is 13.3. The molecule has 0 spiro atoms. The van der Waals surface area contributed by atoms with Gasteiger partial charge in [-0.3, -0.25) is 4.99 Å². The van der Waals surface area contributed by atoms with Crippen LogP contribution in [0, 0.1) is 0 Å². The number of methoxy groups -OCH3 is 1. The largest absolute Gasteiger partial charge is 0.496 e. The number of benzene rings is 2. The zero-order chi connectivity index (χ0) is 16.4. The molecule has 0 saturated heterocycles. The minimum Gasteiger partial charge on any atom is -0.496 e. The van der Waals surface area contributed by atoms with E-state index >= 15 is 0 Å². The van der Waals surface area contributed by atoms with Crippen molar-refractivity contribution in [3.63, 3.8) is 0 Å². The quantitative estimate of drug-likeness (QED) is 0.717. The van der Waals surface area contributed by atoms with Gasteiger partial charge in [0.1, 0.15) is 5.75 Å². The smallest absolute Gasteiger partial charge is 0.123 e. The monoisotopic (exact) mass is 335 g/mol. The number of imidazole rings is 1. The topological polar surface area (TPSA) is 39.4 Å². The van der Waals surface area contributed by atoms with Crippen LogP contribution in [-0.2, 0) is 6.54 Å². The van der Waals surface area contributed by atoms with Gasteiger partial charge in [-0.2, -0.15) is 0 Å². The summed E-state index contributed by atoms with van der Waals surface area (Å²) in [5.41, 5.74) is 4.43. The molecule has 0 unspecified atom stereocenters. The van der Waals surface area contributed by atoms with Crippen LogP contribution < -0.4 is 4.74 Å². The number of thioether (sulfide) groups is 1. The van der Waals surface area contributed by atoms with Crippen molar-refractivity contribution >= 4 is 35.1 Å². The van der Waals surface area contributed by atoms with E-state index in [1.54, 1.807) is 18.9 Å². The van der Waals surface area contributed by atoms with Gasteiger partial charge in [0, 0.05) is 16.7 Å².